The Labute approximate surface area is 92.1 Å². The summed E-state index contributed by atoms with van der Waals surface area (Å²) in [5.74, 6) is 1.17. The van der Waals surface area contributed by atoms with Crippen LogP contribution in [0.1, 0.15) is 24.0 Å². The van der Waals surface area contributed by atoms with Crippen molar-refractivity contribution in [3.8, 4) is 0 Å². The van der Waals surface area contributed by atoms with Crippen LogP contribution in [0.3, 0.4) is 0 Å². The standard InChI is InChI=1S/C13H20N2/c1-9-4-5-13-11(6-9)12(8-15(13)3)10(2)7-14/h4-6,10,12H,7-8,14H2,1-3H3. The van der Waals surface area contributed by atoms with E-state index in [9.17, 15) is 0 Å². The second-order valence-electron chi connectivity index (χ2n) is 4.76. The summed E-state index contributed by atoms with van der Waals surface area (Å²) in [5, 5.41) is 0. The zero-order valence-electron chi connectivity index (χ0n) is 9.83. The van der Waals surface area contributed by atoms with Gasteiger partial charge in [0, 0.05) is 25.2 Å². The average Bonchev–Trinajstić information content (AvgIpc) is 2.54. The molecule has 0 aliphatic carbocycles. The third-order valence-electron chi connectivity index (χ3n) is 3.52. The Morgan fingerprint density at radius 2 is 2.27 bits per heavy atom. The fourth-order valence-electron chi connectivity index (χ4n) is 2.46. The van der Waals surface area contributed by atoms with Crippen LogP contribution in [0.25, 0.3) is 0 Å². The van der Waals surface area contributed by atoms with Crippen LogP contribution in [0.15, 0.2) is 18.2 Å². The van der Waals surface area contributed by atoms with Crippen LogP contribution in [-0.2, 0) is 0 Å². The maximum Gasteiger partial charge on any atom is 0.0400 e. The first-order valence-electron chi connectivity index (χ1n) is 5.65. The Morgan fingerprint density at radius 3 is 2.93 bits per heavy atom. The molecule has 0 fully saturated rings. The van der Waals surface area contributed by atoms with E-state index in [1.165, 1.54) is 16.8 Å². The van der Waals surface area contributed by atoms with Crippen LogP contribution >= 0.6 is 0 Å². The highest BCUT2D eigenvalue weighted by Gasteiger charge is 2.29. The second kappa shape index (κ2) is 3.86. The number of hydrogen-bond acceptors (Lipinski definition) is 2. The quantitative estimate of drug-likeness (QED) is 0.799. The minimum Gasteiger partial charge on any atom is -0.374 e. The van der Waals surface area contributed by atoms with Crippen molar-refractivity contribution in [1.29, 1.82) is 0 Å². The highest BCUT2D eigenvalue weighted by atomic mass is 15.1. The van der Waals surface area contributed by atoms with E-state index in [4.69, 9.17) is 5.73 Å². The third kappa shape index (κ3) is 1.74. The summed E-state index contributed by atoms with van der Waals surface area (Å²) >= 11 is 0. The van der Waals surface area contributed by atoms with Gasteiger partial charge >= 0.3 is 0 Å². The lowest BCUT2D eigenvalue weighted by molar-refractivity contribution is 0.488. The molecule has 2 unspecified atom stereocenters. The van der Waals surface area contributed by atoms with Gasteiger partial charge in [-0.2, -0.15) is 0 Å². The fourth-order valence-corrected chi connectivity index (χ4v) is 2.46. The molecule has 0 amide bonds. The van der Waals surface area contributed by atoms with Crippen molar-refractivity contribution >= 4 is 5.69 Å². The predicted molar refractivity (Wildman–Crippen MR) is 65.4 cm³/mol. The molecule has 15 heavy (non-hydrogen) atoms. The Hall–Kier alpha value is -1.02. The van der Waals surface area contributed by atoms with Crippen LogP contribution in [0.2, 0.25) is 0 Å². The molecule has 1 aromatic rings. The Balaban J connectivity index is 2.39. The summed E-state index contributed by atoms with van der Waals surface area (Å²) in [6.45, 7) is 6.28. The maximum absolute atomic E-state index is 5.77. The fraction of sp³-hybridized carbons (Fsp3) is 0.538. The molecule has 1 aliphatic heterocycles. The highest BCUT2D eigenvalue weighted by molar-refractivity contribution is 5.60. The molecule has 2 nitrogen and oxygen atoms in total. The van der Waals surface area contributed by atoms with Crippen molar-refractivity contribution in [3.05, 3.63) is 29.3 Å². The number of nitrogens with two attached hydrogens (primary N) is 1. The van der Waals surface area contributed by atoms with E-state index in [-0.39, 0.29) is 0 Å². The van der Waals surface area contributed by atoms with Crippen molar-refractivity contribution in [2.75, 3.05) is 25.0 Å². The Bertz CT molecular complexity index is 360. The molecule has 0 saturated carbocycles. The molecule has 2 rings (SSSR count). The lowest BCUT2D eigenvalue weighted by Gasteiger charge is -2.18. The van der Waals surface area contributed by atoms with Crippen LogP contribution in [0.5, 0.6) is 0 Å². The molecule has 82 valence electrons. The van der Waals surface area contributed by atoms with Gasteiger partial charge < -0.3 is 10.6 Å². The normalized spacial score (nSPS) is 21.6. The van der Waals surface area contributed by atoms with Gasteiger partial charge in [0.05, 0.1) is 0 Å². The average molecular weight is 204 g/mol. The lowest BCUT2D eigenvalue weighted by atomic mass is 9.88. The molecule has 1 heterocycles. The smallest absolute Gasteiger partial charge is 0.0400 e. The molecule has 0 radical (unpaired) electrons. The molecule has 0 bridgehead atoms. The lowest BCUT2D eigenvalue weighted by Crippen LogP contribution is -2.23. The largest absolute Gasteiger partial charge is 0.374 e. The van der Waals surface area contributed by atoms with Crippen LogP contribution in [0.4, 0.5) is 5.69 Å². The number of likely N-dealkylation sites (N-methyl/N-ethyl adjacent to an activating group) is 1. The van der Waals surface area contributed by atoms with Gasteiger partial charge in [-0.05, 0) is 31.0 Å². The minimum absolute atomic E-state index is 0.565. The zero-order chi connectivity index (χ0) is 11.0. The maximum atomic E-state index is 5.77. The molecule has 0 saturated heterocycles. The highest BCUT2D eigenvalue weighted by Crippen LogP contribution is 2.39. The zero-order valence-corrected chi connectivity index (χ0v) is 9.83. The molecule has 1 aliphatic rings. The predicted octanol–water partition coefficient (Wildman–Crippen LogP) is 2.12. The first kappa shape index (κ1) is 10.5. The molecule has 0 aromatic heterocycles. The molecular formula is C13H20N2. The summed E-state index contributed by atoms with van der Waals surface area (Å²) in [6, 6.07) is 6.73. The number of anilines is 1. The summed E-state index contributed by atoms with van der Waals surface area (Å²) in [6.07, 6.45) is 0. The molecule has 2 heteroatoms. The van der Waals surface area contributed by atoms with E-state index in [1.807, 2.05) is 0 Å². The molecule has 2 atom stereocenters. The number of benzene rings is 1. The number of aryl methyl sites for hydroxylation is 1. The van der Waals surface area contributed by atoms with Crippen molar-refractivity contribution < 1.29 is 0 Å². The van der Waals surface area contributed by atoms with E-state index < -0.39 is 0 Å². The minimum atomic E-state index is 0.565. The SMILES string of the molecule is Cc1ccc2c(c1)C(C(C)CN)CN2C. The number of nitrogens with zero attached hydrogens (tertiary/aromatic N) is 1. The van der Waals surface area contributed by atoms with Gasteiger partial charge in [-0.25, -0.2) is 0 Å². The second-order valence-corrected chi connectivity index (χ2v) is 4.76. The van der Waals surface area contributed by atoms with Crippen molar-refractivity contribution in [1.82, 2.24) is 0 Å². The van der Waals surface area contributed by atoms with Crippen LogP contribution < -0.4 is 10.6 Å². The van der Waals surface area contributed by atoms with Gasteiger partial charge in [-0.15, -0.1) is 0 Å². The first-order chi connectivity index (χ1) is 7.13. The topological polar surface area (TPSA) is 29.3 Å². The van der Waals surface area contributed by atoms with Gasteiger partial charge in [0.25, 0.3) is 0 Å². The van der Waals surface area contributed by atoms with Crippen molar-refractivity contribution in [2.45, 2.75) is 19.8 Å². The molecular weight excluding hydrogens is 184 g/mol. The van der Waals surface area contributed by atoms with E-state index >= 15 is 0 Å². The number of rotatable bonds is 2. The van der Waals surface area contributed by atoms with Crippen molar-refractivity contribution in [3.63, 3.8) is 0 Å². The van der Waals surface area contributed by atoms with Gasteiger partial charge in [0.15, 0.2) is 0 Å². The van der Waals surface area contributed by atoms with E-state index in [2.05, 4.69) is 44.0 Å². The van der Waals surface area contributed by atoms with E-state index in [1.54, 1.807) is 0 Å². The van der Waals surface area contributed by atoms with Crippen LogP contribution in [0, 0.1) is 12.8 Å². The number of fused-ring (bicyclic) bond motifs is 1. The summed E-state index contributed by atoms with van der Waals surface area (Å²) in [5.41, 5.74) is 9.98. The van der Waals surface area contributed by atoms with Crippen LogP contribution in [-0.4, -0.2) is 20.1 Å². The summed E-state index contributed by atoms with van der Waals surface area (Å²) in [7, 11) is 2.16. The Kier molecular flexibility index (Phi) is 2.70. The molecule has 0 spiro atoms. The van der Waals surface area contributed by atoms with Gasteiger partial charge in [-0.1, -0.05) is 24.6 Å². The summed E-state index contributed by atoms with van der Waals surface area (Å²) in [4.78, 5) is 2.34. The van der Waals surface area contributed by atoms with Gasteiger partial charge in [0.1, 0.15) is 0 Å². The molecule has 2 N–H and O–H groups in total. The first-order valence-corrected chi connectivity index (χ1v) is 5.65. The van der Waals surface area contributed by atoms with Crippen molar-refractivity contribution in [2.24, 2.45) is 11.7 Å². The van der Waals surface area contributed by atoms with Gasteiger partial charge in [-0.3, -0.25) is 0 Å². The third-order valence-corrected chi connectivity index (χ3v) is 3.52. The molecule has 1 aromatic carbocycles. The number of hydrogen-bond donors (Lipinski definition) is 1. The van der Waals surface area contributed by atoms with E-state index in [0.717, 1.165) is 13.1 Å². The van der Waals surface area contributed by atoms with E-state index in [0.29, 0.717) is 11.8 Å². The monoisotopic (exact) mass is 204 g/mol. The Morgan fingerprint density at radius 1 is 1.53 bits per heavy atom. The summed E-state index contributed by atoms with van der Waals surface area (Å²) < 4.78 is 0. The van der Waals surface area contributed by atoms with Gasteiger partial charge in [0.2, 0.25) is 0 Å².